The lowest BCUT2D eigenvalue weighted by Gasteiger charge is -2.35. The van der Waals surface area contributed by atoms with Gasteiger partial charge in [-0.3, -0.25) is 15.0 Å². The van der Waals surface area contributed by atoms with Crippen LogP contribution in [-0.4, -0.2) is 16.0 Å². The number of hydrogen-bond donors (Lipinski definition) is 1. The van der Waals surface area contributed by atoms with E-state index in [1.54, 1.807) is 6.20 Å². The number of rotatable bonds is 4. The zero-order chi connectivity index (χ0) is 18.8. The zero-order valence-corrected chi connectivity index (χ0v) is 14.9. The molecule has 0 saturated heterocycles. The largest absolute Gasteiger partial charge is 0.395 e. The molecule has 1 heterocycles. The molecule has 26 heavy (non-hydrogen) atoms. The summed E-state index contributed by atoms with van der Waals surface area (Å²) < 4.78 is 27.3. The van der Waals surface area contributed by atoms with Crippen molar-refractivity contribution in [3.05, 3.63) is 104 Å². The maximum absolute atomic E-state index is 13.4. The van der Waals surface area contributed by atoms with Crippen molar-refractivity contribution in [2.24, 2.45) is 5.73 Å². The molecular formula is C18H14BrF2N3O2. The average molecular weight is 422 g/mol. The molecule has 0 bridgehead atoms. The standard InChI is InChI=1S/C18H14BrF2N3O2/c19-13-9-16(22)18(24(25)26)23(10-13)17(11-1-5-14(20)6-2-11)12-3-7-15(21)8-4-12/h1-10,17-18H,22H2. The number of hydrogen-bond acceptors (Lipinski definition) is 4. The summed E-state index contributed by atoms with van der Waals surface area (Å²) in [5.74, 6) is -0.848. The molecule has 1 aliphatic heterocycles. The summed E-state index contributed by atoms with van der Waals surface area (Å²) in [5, 5.41) is 11.6. The van der Waals surface area contributed by atoms with Crippen molar-refractivity contribution >= 4 is 15.9 Å². The van der Waals surface area contributed by atoms with E-state index in [2.05, 4.69) is 15.9 Å². The minimum absolute atomic E-state index is 0.0543. The van der Waals surface area contributed by atoms with Crippen molar-refractivity contribution in [1.29, 1.82) is 0 Å². The van der Waals surface area contributed by atoms with Gasteiger partial charge in [0.1, 0.15) is 17.3 Å². The van der Waals surface area contributed by atoms with Crippen LogP contribution in [0.5, 0.6) is 0 Å². The molecule has 0 saturated carbocycles. The molecule has 1 atom stereocenters. The second kappa shape index (κ2) is 7.25. The van der Waals surface area contributed by atoms with E-state index in [4.69, 9.17) is 5.73 Å². The van der Waals surface area contributed by atoms with E-state index in [1.807, 2.05) is 0 Å². The SMILES string of the molecule is NC1=CC(Br)=CN(C(c2ccc(F)cc2)c2ccc(F)cc2)C1[N+](=O)[O-]. The first-order valence-corrected chi connectivity index (χ1v) is 8.42. The van der Waals surface area contributed by atoms with Gasteiger partial charge in [0.05, 0.1) is 11.0 Å². The number of allylic oxidation sites excluding steroid dienone is 2. The van der Waals surface area contributed by atoms with Crippen molar-refractivity contribution in [3.8, 4) is 0 Å². The van der Waals surface area contributed by atoms with E-state index < -0.39 is 28.8 Å². The van der Waals surface area contributed by atoms with Gasteiger partial charge in [0.15, 0.2) is 0 Å². The molecule has 0 aromatic heterocycles. The van der Waals surface area contributed by atoms with E-state index in [0.29, 0.717) is 15.6 Å². The highest BCUT2D eigenvalue weighted by Crippen LogP contribution is 2.35. The van der Waals surface area contributed by atoms with Crippen LogP contribution in [0, 0.1) is 21.7 Å². The van der Waals surface area contributed by atoms with Crippen LogP contribution in [-0.2, 0) is 0 Å². The highest BCUT2D eigenvalue weighted by molar-refractivity contribution is 9.11. The second-order valence-corrected chi connectivity index (χ2v) is 6.69. The first kappa shape index (κ1) is 18.1. The molecule has 2 aromatic carbocycles. The number of nitrogens with zero attached hydrogens (tertiary/aromatic N) is 2. The van der Waals surface area contributed by atoms with Crippen LogP contribution in [0.3, 0.4) is 0 Å². The minimum Gasteiger partial charge on any atom is -0.395 e. The number of nitrogens with two attached hydrogens (primary N) is 1. The number of halogens is 3. The summed E-state index contributed by atoms with van der Waals surface area (Å²) >= 11 is 3.30. The predicted octanol–water partition coefficient (Wildman–Crippen LogP) is 4.05. The Hall–Kier alpha value is -2.74. The maximum Gasteiger partial charge on any atom is 0.327 e. The summed E-state index contributed by atoms with van der Waals surface area (Å²) in [7, 11) is 0. The van der Waals surface area contributed by atoms with Gasteiger partial charge < -0.3 is 5.73 Å². The Labute approximate surface area is 156 Å². The van der Waals surface area contributed by atoms with Crippen LogP contribution >= 0.6 is 15.9 Å². The molecule has 134 valence electrons. The van der Waals surface area contributed by atoms with E-state index in [9.17, 15) is 18.9 Å². The molecule has 5 nitrogen and oxygen atoms in total. The molecule has 2 N–H and O–H groups in total. The normalized spacial score (nSPS) is 17.1. The fourth-order valence-electron chi connectivity index (χ4n) is 2.93. The lowest BCUT2D eigenvalue weighted by molar-refractivity contribution is -0.538. The monoisotopic (exact) mass is 421 g/mol. The number of nitro groups is 1. The molecule has 2 aromatic rings. The highest BCUT2D eigenvalue weighted by atomic mass is 79.9. The first-order valence-electron chi connectivity index (χ1n) is 7.63. The summed E-state index contributed by atoms with van der Waals surface area (Å²) in [6, 6.07) is 10.6. The fraction of sp³-hybridized carbons (Fsp3) is 0.111. The Kier molecular flexibility index (Phi) is 5.03. The van der Waals surface area contributed by atoms with Gasteiger partial charge in [-0.1, -0.05) is 24.3 Å². The molecule has 0 amide bonds. The maximum atomic E-state index is 13.4. The van der Waals surface area contributed by atoms with Crippen LogP contribution in [0.15, 0.2) is 71.0 Å². The van der Waals surface area contributed by atoms with Gasteiger partial charge in [-0.05, 0) is 57.4 Å². The quantitative estimate of drug-likeness (QED) is 0.596. The van der Waals surface area contributed by atoms with Crippen molar-refractivity contribution in [2.45, 2.75) is 12.2 Å². The van der Waals surface area contributed by atoms with Gasteiger partial charge in [0.25, 0.3) is 0 Å². The first-order chi connectivity index (χ1) is 12.4. The van der Waals surface area contributed by atoms with E-state index >= 15 is 0 Å². The molecule has 0 fully saturated rings. The molecule has 3 rings (SSSR count). The molecule has 0 radical (unpaired) electrons. The van der Waals surface area contributed by atoms with Crippen molar-refractivity contribution in [3.63, 3.8) is 0 Å². The summed E-state index contributed by atoms with van der Waals surface area (Å²) in [5.41, 5.74) is 7.16. The third kappa shape index (κ3) is 3.60. The number of benzene rings is 2. The Morgan fingerprint density at radius 3 is 1.92 bits per heavy atom. The van der Waals surface area contributed by atoms with Gasteiger partial charge in [0.2, 0.25) is 0 Å². The molecular weight excluding hydrogens is 408 g/mol. The smallest absolute Gasteiger partial charge is 0.327 e. The van der Waals surface area contributed by atoms with E-state index in [0.717, 1.165) is 0 Å². The molecule has 1 aliphatic rings. The topological polar surface area (TPSA) is 72.4 Å². The van der Waals surface area contributed by atoms with E-state index in [-0.39, 0.29) is 5.70 Å². The Balaban J connectivity index is 2.16. The second-order valence-electron chi connectivity index (χ2n) is 5.77. The fourth-order valence-corrected chi connectivity index (χ4v) is 3.43. The van der Waals surface area contributed by atoms with Gasteiger partial charge in [-0.15, -0.1) is 0 Å². The summed E-state index contributed by atoms with van der Waals surface area (Å²) in [4.78, 5) is 12.6. The van der Waals surface area contributed by atoms with Crippen molar-refractivity contribution in [2.75, 3.05) is 0 Å². The molecule has 8 heteroatoms. The van der Waals surface area contributed by atoms with E-state index in [1.165, 1.54) is 59.5 Å². The van der Waals surface area contributed by atoms with Crippen molar-refractivity contribution < 1.29 is 13.7 Å². The third-order valence-electron chi connectivity index (χ3n) is 4.03. The molecule has 0 aliphatic carbocycles. The van der Waals surface area contributed by atoms with Crippen LogP contribution in [0.4, 0.5) is 8.78 Å². The van der Waals surface area contributed by atoms with Crippen LogP contribution in [0.2, 0.25) is 0 Å². The van der Waals surface area contributed by atoms with Gasteiger partial charge in [0, 0.05) is 10.7 Å². The molecule has 0 spiro atoms. The summed E-state index contributed by atoms with van der Waals surface area (Å²) in [6.45, 7) is 0. The lowest BCUT2D eigenvalue weighted by atomic mass is 9.95. The van der Waals surface area contributed by atoms with Crippen LogP contribution < -0.4 is 5.73 Å². The van der Waals surface area contributed by atoms with Gasteiger partial charge >= 0.3 is 6.17 Å². The van der Waals surface area contributed by atoms with Gasteiger partial charge in [-0.2, -0.15) is 0 Å². The summed E-state index contributed by atoms with van der Waals surface area (Å²) in [6.07, 6.45) is 1.72. The minimum atomic E-state index is -1.31. The van der Waals surface area contributed by atoms with Crippen LogP contribution in [0.1, 0.15) is 17.2 Å². The zero-order valence-electron chi connectivity index (χ0n) is 13.4. The Bertz CT molecular complexity index is 837. The highest BCUT2D eigenvalue weighted by Gasteiger charge is 2.38. The lowest BCUT2D eigenvalue weighted by Crippen LogP contribution is -2.45. The Morgan fingerprint density at radius 1 is 1.04 bits per heavy atom. The van der Waals surface area contributed by atoms with Crippen molar-refractivity contribution in [1.82, 2.24) is 4.90 Å². The average Bonchev–Trinajstić information content (AvgIpc) is 2.57. The molecule has 1 unspecified atom stereocenters. The predicted molar refractivity (Wildman–Crippen MR) is 96.5 cm³/mol. The Morgan fingerprint density at radius 2 is 1.50 bits per heavy atom. The van der Waals surface area contributed by atoms with Gasteiger partial charge in [-0.25, -0.2) is 8.78 Å². The van der Waals surface area contributed by atoms with Crippen LogP contribution in [0.25, 0.3) is 0 Å². The third-order valence-corrected chi connectivity index (χ3v) is 4.46.